The van der Waals surface area contributed by atoms with Gasteiger partial charge in [-0.2, -0.15) is 0 Å². The summed E-state index contributed by atoms with van der Waals surface area (Å²) in [5, 5.41) is 6.22. The van der Waals surface area contributed by atoms with Crippen LogP contribution in [0, 0.1) is 0 Å². The van der Waals surface area contributed by atoms with Gasteiger partial charge in [0.2, 0.25) is 11.8 Å². The third-order valence-electron chi connectivity index (χ3n) is 3.91. The zero-order valence-electron chi connectivity index (χ0n) is 11.1. The first-order chi connectivity index (χ1) is 8.72. The lowest BCUT2D eigenvalue weighted by Crippen LogP contribution is -2.57. The molecule has 2 rings (SSSR count). The van der Waals surface area contributed by atoms with Gasteiger partial charge in [-0.25, -0.2) is 0 Å². The summed E-state index contributed by atoms with van der Waals surface area (Å²) in [7, 11) is 0. The SMILES string of the molecule is CCC1C(=O)NCCN1C(=O)CCC1CCCN1. The van der Waals surface area contributed by atoms with E-state index >= 15 is 0 Å². The lowest BCUT2D eigenvalue weighted by atomic mass is 10.1. The van der Waals surface area contributed by atoms with Crippen molar-refractivity contribution in [3.8, 4) is 0 Å². The molecule has 2 N–H and O–H groups in total. The summed E-state index contributed by atoms with van der Waals surface area (Å²) >= 11 is 0. The second kappa shape index (κ2) is 6.18. The second-order valence-corrected chi connectivity index (χ2v) is 5.13. The minimum atomic E-state index is -0.261. The fourth-order valence-corrected chi connectivity index (χ4v) is 2.86. The van der Waals surface area contributed by atoms with Crippen LogP contribution in [0.5, 0.6) is 0 Å². The fraction of sp³-hybridized carbons (Fsp3) is 0.846. The van der Waals surface area contributed by atoms with Crippen LogP contribution >= 0.6 is 0 Å². The molecule has 18 heavy (non-hydrogen) atoms. The van der Waals surface area contributed by atoms with Gasteiger partial charge in [0.1, 0.15) is 6.04 Å². The molecule has 0 aliphatic carbocycles. The molecule has 0 aromatic rings. The van der Waals surface area contributed by atoms with Gasteiger partial charge in [-0.1, -0.05) is 6.92 Å². The van der Waals surface area contributed by atoms with Gasteiger partial charge in [0.25, 0.3) is 0 Å². The van der Waals surface area contributed by atoms with Crippen molar-refractivity contribution in [3.05, 3.63) is 0 Å². The van der Waals surface area contributed by atoms with E-state index in [0.29, 0.717) is 32.0 Å². The molecule has 2 unspecified atom stereocenters. The van der Waals surface area contributed by atoms with E-state index in [1.165, 1.54) is 12.8 Å². The van der Waals surface area contributed by atoms with Crippen molar-refractivity contribution in [2.45, 2.75) is 51.1 Å². The number of hydrogen-bond donors (Lipinski definition) is 2. The van der Waals surface area contributed by atoms with Gasteiger partial charge in [0.05, 0.1) is 0 Å². The maximum Gasteiger partial charge on any atom is 0.242 e. The van der Waals surface area contributed by atoms with Crippen LogP contribution in [-0.2, 0) is 9.59 Å². The van der Waals surface area contributed by atoms with Crippen LogP contribution in [-0.4, -0.2) is 48.4 Å². The number of piperazine rings is 1. The first kappa shape index (κ1) is 13.3. The van der Waals surface area contributed by atoms with Crippen molar-refractivity contribution in [1.29, 1.82) is 0 Å². The molecule has 0 aromatic carbocycles. The van der Waals surface area contributed by atoms with E-state index in [1.807, 2.05) is 6.92 Å². The van der Waals surface area contributed by atoms with E-state index in [4.69, 9.17) is 0 Å². The lowest BCUT2D eigenvalue weighted by molar-refractivity contribution is -0.143. The van der Waals surface area contributed by atoms with E-state index in [2.05, 4.69) is 10.6 Å². The largest absolute Gasteiger partial charge is 0.353 e. The van der Waals surface area contributed by atoms with Gasteiger partial charge >= 0.3 is 0 Å². The highest BCUT2D eigenvalue weighted by molar-refractivity contribution is 5.88. The fourth-order valence-electron chi connectivity index (χ4n) is 2.86. The maximum atomic E-state index is 12.2. The molecule has 2 atom stereocenters. The van der Waals surface area contributed by atoms with Gasteiger partial charge in [-0.3, -0.25) is 9.59 Å². The first-order valence-electron chi connectivity index (χ1n) is 7.03. The zero-order chi connectivity index (χ0) is 13.0. The van der Waals surface area contributed by atoms with E-state index in [-0.39, 0.29) is 17.9 Å². The summed E-state index contributed by atoms with van der Waals surface area (Å²) in [5.41, 5.74) is 0. The topological polar surface area (TPSA) is 61.4 Å². The Morgan fingerprint density at radius 1 is 1.44 bits per heavy atom. The Hall–Kier alpha value is -1.10. The second-order valence-electron chi connectivity index (χ2n) is 5.13. The summed E-state index contributed by atoms with van der Waals surface area (Å²) in [6.07, 6.45) is 4.53. The molecule has 5 nitrogen and oxygen atoms in total. The van der Waals surface area contributed by atoms with Crippen LogP contribution in [0.4, 0.5) is 0 Å². The molecule has 2 amide bonds. The molecule has 2 heterocycles. The summed E-state index contributed by atoms with van der Waals surface area (Å²) in [6, 6.07) is 0.232. The van der Waals surface area contributed by atoms with Crippen molar-refractivity contribution < 1.29 is 9.59 Å². The highest BCUT2D eigenvalue weighted by atomic mass is 16.2. The van der Waals surface area contributed by atoms with Crippen molar-refractivity contribution in [3.63, 3.8) is 0 Å². The smallest absolute Gasteiger partial charge is 0.242 e. The van der Waals surface area contributed by atoms with Crippen molar-refractivity contribution >= 4 is 11.8 Å². The van der Waals surface area contributed by atoms with Crippen molar-refractivity contribution in [2.24, 2.45) is 0 Å². The maximum absolute atomic E-state index is 12.2. The summed E-state index contributed by atoms with van der Waals surface area (Å²) < 4.78 is 0. The third kappa shape index (κ3) is 3.02. The molecule has 2 saturated heterocycles. The van der Waals surface area contributed by atoms with E-state index in [1.54, 1.807) is 4.90 Å². The molecule has 0 spiro atoms. The van der Waals surface area contributed by atoms with Gasteiger partial charge in [0.15, 0.2) is 0 Å². The highest BCUT2D eigenvalue weighted by Gasteiger charge is 2.31. The van der Waals surface area contributed by atoms with Crippen LogP contribution in [0.2, 0.25) is 0 Å². The highest BCUT2D eigenvalue weighted by Crippen LogP contribution is 2.15. The normalized spacial score (nSPS) is 28.3. The summed E-state index contributed by atoms with van der Waals surface area (Å²) in [5.74, 6) is 0.126. The predicted molar refractivity (Wildman–Crippen MR) is 69.1 cm³/mol. The number of carbonyl (C=O) groups excluding carboxylic acids is 2. The molecule has 0 radical (unpaired) electrons. The van der Waals surface area contributed by atoms with Crippen LogP contribution in [0.25, 0.3) is 0 Å². The monoisotopic (exact) mass is 253 g/mol. The number of amides is 2. The predicted octanol–water partition coefficient (Wildman–Crippen LogP) is 0.256. The zero-order valence-corrected chi connectivity index (χ0v) is 11.1. The molecule has 0 bridgehead atoms. The Labute approximate surface area is 108 Å². The minimum absolute atomic E-state index is 0.00362. The average Bonchev–Trinajstić information content (AvgIpc) is 2.88. The Kier molecular flexibility index (Phi) is 4.58. The van der Waals surface area contributed by atoms with E-state index in [0.717, 1.165) is 13.0 Å². The standard InChI is InChI=1S/C13H23N3O2/c1-2-11-13(18)15-8-9-16(11)12(17)6-5-10-4-3-7-14-10/h10-11,14H,2-9H2,1H3,(H,15,18). The number of hydrogen-bond acceptors (Lipinski definition) is 3. The van der Waals surface area contributed by atoms with Crippen molar-refractivity contribution in [2.75, 3.05) is 19.6 Å². The molecule has 0 aromatic heterocycles. The first-order valence-corrected chi connectivity index (χ1v) is 7.03. The van der Waals surface area contributed by atoms with Gasteiger partial charge in [-0.15, -0.1) is 0 Å². The van der Waals surface area contributed by atoms with Crippen LogP contribution < -0.4 is 10.6 Å². The van der Waals surface area contributed by atoms with Crippen LogP contribution in [0.15, 0.2) is 0 Å². The summed E-state index contributed by atoms with van der Waals surface area (Å²) in [6.45, 7) is 4.26. The molecule has 2 aliphatic rings. The molecular weight excluding hydrogens is 230 g/mol. The molecule has 2 aliphatic heterocycles. The molecule has 2 fully saturated rings. The average molecular weight is 253 g/mol. The molecule has 5 heteroatoms. The van der Waals surface area contributed by atoms with Crippen LogP contribution in [0.3, 0.4) is 0 Å². The Morgan fingerprint density at radius 3 is 2.94 bits per heavy atom. The Bertz CT molecular complexity index is 313. The molecular formula is C13H23N3O2. The number of carbonyl (C=O) groups is 2. The molecule has 0 saturated carbocycles. The molecule has 102 valence electrons. The summed E-state index contributed by atoms with van der Waals surface area (Å²) in [4.78, 5) is 25.6. The Morgan fingerprint density at radius 2 is 2.28 bits per heavy atom. The van der Waals surface area contributed by atoms with Crippen molar-refractivity contribution in [1.82, 2.24) is 15.5 Å². The van der Waals surface area contributed by atoms with E-state index in [9.17, 15) is 9.59 Å². The van der Waals surface area contributed by atoms with Gasteiger partial charge < -0.3 is 15.5 Å². The lowest BCUT2D eigenvalue weighted by Gasteiger charge is -2.34. The minimum Gasteiger partial charge on any atom is -0.353 e. The van der Waals surface area contributed by atoms with Crippen LogP contribution in [0.1, 0.15) is 39.0 Å². The number of nitrogens with zero attached hydrogens (tertiary/aromatic N) is 1. The Balaban J connectivity index is 1.84. The quantitative estimate of drug-likeness (QED) is 0.755. The van der Waals surface area contributed by atoms with Gasteiger partial charge in [0, 0.05) is 25.6 Å². The third-order valence-corrected chi connectivity index (χ3v) is 3.91. The van der Waals surface area contributed by atoms with Gasteiger partial charge in [-0.05, 0) is 32.2 Å². The number of rotatable bonds is 4. The number of nitrogens with one attached hydrogen (secondary N) is 2. The van der Waals surface area contributed by atoms with E-state index < -0.39 is 0 Å².